The monoisotopic (exact) mass is 420 g/mol. The third-order valence-corrected chi connectivity index (χ3v) is 5.93. The number of aromatic nitrogens is 3. The summed E-state index contributed by atoms with van der Waals surface area (Å²) in [7, 11) is 0. The van der Waals surface area contributed by atoms with Crippen molar-refractivity contribution in [3.05, 3.63) is 71.5 Å². The Kier molecular flexibility index (Phi) is 5.81. The van der Waals surface area contributed by atoms with Gasteiger partial charge in [-0.1, -0.05) is 35.6 Å². The average Bonchev–Trinajstić information content (AvgIpc) is 3.37. The highest BCUT2D eigenvalue weighted by Crippen LogP contribution is 2.32. The highest BCUT2D eigenvalue weighted by atomic mass is 32.1. The fourth-order valence-electron chi connectivity index (χ4n) is 3.37. The molecule has 0 atom stereocenters. The molecule has 0 unspecified atom stereocenters. The Morgan fingerprint density at radius 1 is 1.13 bits per heavy atom. The lowest BCUT2D eigenvalue weighted by molar-refractivity contribution is -0.120. The van der Waals surface area contributed by atoms with Gasteiger partial charge < -0.3 is 4.74 Å². The number of anilines is 1. The van der Waals surface area contributed by atoms with Gasteiger partial charge in [-0.15, -0.1) is 0 Å². The van der Waals surface area contributed by atoms with Crippen LogP contribution in [-0.2, 0) is 11.3 Å². The third-order valence-electron chi connectivity index (χ3n) is 4.91. The zero-order chi connectivity index (χ0) is 21.1. The molecule has 0 aliphatic rings. The van der Waals surface area contributed by atoms with Gasteiger partial charge in [-0.2, -0.15) is 5.10 Å². The van der Waals surface area contributed by atoms with Gasteiger partial charge >= 0.3 is 0 Å². The first-order chi connectivity index (χ1) is 14.5. The first kappa shape index (κ1) is 20.1. The summed E-state index contributed by atoms with van der Waals surface area (Å²) >= 11 is 1.53. The molecule has 0 spiro atoms. The Labute approximate surface area is 179 Å². The molecule has 6 nitrogen and oxygen atoms in total. The lowest BCUT2D eigenvalue weighted by atomic mass is 10.1. The van der Waals surface area contributed by atoms with Gasteiger partial charge in [0, 0.05) is 18.9 Å². The van der Waals surface area contributed by atoms with E-state index in [-0.39, 0.29) is 12.5 Å². The Bertz CT molecular complexity index is 1170. The van der Waals surface area contributed by atoms with Crippen molar-refractivity contribution in [1.29, 1.82) is 0 Å². The Hall–Kier alpha value is -3.19. The molecule has 0 bridgehead atoms. The normalized spacial score (nSPS) is 11.0. The Morgan fingerprint density at radius 3 is 2.73 bits per heavy atom. The molecule has 2 aromatic heterocycles. The van der Waals surface area contributed by atoms with Gasteiger partial charge in [0.25, 0.3) is 5.91 Å². The molecule has 0 radical (unpaired) electrons. The smallest absolute Gasteiger partial charge is 0.266 e. The van der Waals surface area contributed by atoms with Crippen LogP contribution in [0.1, 0.15) is 16.7 Å². The minimum Gasteiger partial charge on any atom is -0.483 e. The van der Waals surface area contributed by atoms with E-state index < -0.39 is 0 Å². The summed E-state index contributed by atoms with van der Waals surface area (Å²) in [5, 5.41) is 4.93. The van der Waals surface area contributed by atoms with Crippen LogP contribution >= 0.6 is 11.3 Å². The summed E-state index contributed by atoms with van der Waals surface area (Å²) in [5.74, 6) is 0.590. The maximum absolute atomic E-state index is 13.2. The molecule has 2 heterocycles. The van der Waals surface area contributed by atoms with Crippen molar-refractivity contribution in [3.8, 4) is 5.75 Å². The molecular weight excluding hydrogens is 396 g/mol. The predicted molar refractivity (Wildman–Crippen MR) is 120 cm³/mol. The van der Waals surface area contributed by atoms with Gasteiger partial charge in [0.15, 0.2) is 11.7 Å². The molecular formula is C23H24N4O2S. The number of rotatable bonds is 7. The number of ether oxygens (including phenoxy) is 1. The fourth-order valence-corrected chi connectivity index (χ4v) is 4.56. The second-order valence-corrected chi connectivity index (χ2v) is 8.30. The van der Waals surface area contributed by atoms with Crippen LogP contribution in [-0.4, -0.2) is 33.8 Å². The van der Waals surface area contributed by atoms with Crippen LogP contribution in [0.5, 0.6) is 5.75 Å². The highest BCUT2D eigenvalue weighted by Gasteiger charge is 2.21. The van der Waals surface area contributed by atoms with Crippen molar-refractivity contribution in [2.24, 2.45) is 0 Å². The summed E-state index contributed by atoms with van der Waals surface area (Å²) in [6, 6.07) is 13.8. The molecule has 0 saturated heterocycles. The quantitative estimate of drug-likeness (QED) is 0.441. The van der Waals surface area contributed by atoms with E-state index in [2.05, 4.69) is 31.1 Å². The topological polar surface area (TPSA) is 60.2 Å². The van der Waals surface area contributed by atoms with Gasteiger partial charge in [0.1, 0.15) is 5.75 Å². The van der Waals surface area contributed by atoms with E-state index in [1.807, 2.05) is 48.1 Å². The number of para-hydroxylation sites is 1. The number of carbonyl (C=O) groups is 1. The SMILES string of the molecule is Cc1cc(C)c2nc(N(CCn3cccn3)C(=O)COc3ccccc3C)sc2c1. The summed E-state index contributed by atoms with van der Waals surface area (Å²) < 4.78 is 8.71. The molecule has 30 heavy (non-hydrogen) atoms. The second-order valence-electron chi connectivity index (χ2n) is 7.29. The van der Waals surface area contributed by atoms with Crippen molar-refractivity contribution in [1.82, 2.24) is 14.8 Å². The van der Waals surface area contributed by atoms with Crippen molar-refractivity contribution >= 4 is 32.6 Å². The van der Waals surface area contributed by atoms with Crippen LogP contribution in [0, 0.1) is 20.8 Å². The highest BCUT2D eigenvalue weighted by molar-refractivity contribution is 7.22. The van der Waals surface area contributed by atoms with Crippen molar-refractivity contribution < 1.29 is 9.53 Å². The second kappa shape index (κ2) is 8.67. The first-order valence-corrected chi connectivity index (χ1v) is 10.7. The number of thiazole rings is 1. The van der Waals surface area contributed by atoms with Crippen LogP contribution in [0.3, 0.4) is 0 Å². The van der Waals surface area contributed by atoms with Crippen molar-refractivity contribution in [2.75, 3.05) is 18.1 Å². The van der Waals surface area contributed by atoms with Crippen LogP contribution in [0.25, 0.3) is 10.2 Å². The van der Waals surface area contributed by atoms with Crippen LogP contribution in [0.4, 0.5) is 5.13 Å². The number of carbonyl (C=O) groups excluding carboxylic acids is 1. The fraction of sp³-hybridized carbons (Fsp3) is 0.261. The first-order valence-electron chi connectivity index (χ1n) is 9.85. The standard InChI is InChI=1S/C23H24N4O2S/c1-16-13-18(3)22-20(14-16)30-23(25-22)27(12-11-26-10-6-9-24-26)21(28)15-29-19-8-5-4-7-17(19)2/h4-10,13-14H,11-12,15H2,1-3H3. The number of hydrogen-bond acceptors (Lipinski definition) is 5. The number of hydrogen-bond donors (Lipinski definition) is 0. The predicted octanol–water partition coefficient (Wildman–Crippen LogP) is 4.53. The molecule has 2 aromatic carbocycles. The molecule has 7 heteroatoms. The molecule has 4 rings (SSSR count). The molecule has 154 valence electrons. The largest absolute Gasteiger partial charge is 0.483 e. The molecule has 0 fully saturated rings. The molecule has 4 aromatic rings. The lowest BCUT2D eigenvalue weighted by Gasteiger charge is -2.20. The summed E-state index contributed by atoms with van der Waals surface area (Å²) in [6.07, 6.45) is 3.62. The van der Waals surface area contributed by atoms with E-state index in [0.29, 0.717) is 24.0 Å². The summed E-state index contributed by atoms with van der Waals surface area (Å²) in [6.45, 7) is 7.09. The number of amides is 1. The van der Waals surface area contributed by atoms with Crippen LogP contribution in [0.2, 0.25) is 0 Å². The Balaban J connectivity index is 1.59. The van der Waals surface area contributed by atoms with E-state index in [9.17, 15) is 4.79 Å². The molecule has 0 N–H and O–H groups in total. The van der Waals surface area contributed by atoms with Gasteiger partial charge in [0.2, 0.25) is 0 Å². The third kappa shape index (κ3) is 4.36. The molecule has 0 saturated carbocycles. The summed E-state index contributed by atoms with van der Waals surface area (Å²) in [5.41, 5.74) is 4.24. The van der Waals surface area contributed by atoms with Crippen LogP contribution in [0.15, 0.2) is 54.9 Å². The Morgan fingerprint density at radius 2 is 1.97 bits per heavy atom. The van der Waals surface area contributed by atoms with E-state index in [1.54, 1.807) is 11.1 Å². The lowest BCUT2D eigenvalue weighted by Crippen LogP contribution is -2.37. The zero-order valence-corrected chi connectivity index (χ0v) is 18.1. The van der Waals surface area contributed by atoms with E-state index in [1.165, 1.54) is 16.9 Å². The average molecular weight is 421 g/mol. The minimum absolute atomic E-state index is 0.0438. The minimum atomic E-state index is -0.126. The van der Waals surface area contributed by atoms with Gasteiger partial charge in [-0.05, 0) is 55.7 Å². The molecule has 0 aliphatic carbocycles. The maximum Gasteiger partial charge on any atom is 0.266 e. The van der Waals surface area contributed by atoms with Gasteiger partial charge in [-0.3, -0.25) is 14.4 Å². The van der Waals surface area contributed by atoms with E-state index in [0.717, 1.165) is 21.3 Å². The van der Waals surface area contributed by atoms with Crippen molar-refractivity contribution in [3.63, 3.8) is 0 Å². The van der Waals surface area contributed by atoms with Gasteiger partial charge in [-0.25, -0.2) is 4.98 Å². The van der Waals surface area contributed by atoms with Crippen LogP contribution < -0.4 is 9.64 Å². The van der Waals surface area contributed by atoms with E-state index >= 15 is 0 Å². The summed E-state index contributed by atoms with van der Waals surface area (Å²) in [4.78, 5) is 19.6. The maximum atomic E-state index is 13.2. The number of aryl methyl sites for hydroxylation is 3. The molecule has 1 amide bonds. The van der Waals surface area contributed by atoms with E-state index in [4.69, 9.17) is 9.72 Å². The molecule has 0 aliphatic heterocycles. The zero-order valence-electron chi connectivity index (χ0n) is 17.3. The number of nitrogens with zero attached hydrogens (tertiary/aromatic N) is 4. The van der Waals surface area contributed by atoms with Crippen molar-refractivity contribution in [2.45, 2.75) is 27.3 Å². The number of benzene rings is 2. The van der Waals surface area contributed by atoms with Gasteiger partial charge in [0.05, 0.1) is 16.8 Å². The number of fused-ring (bicyclic) bond motifs is 1.